The van der Waals surface area contributed by atoms with Gasteiger partial charge < -0.3 is 0 Å². The lowest BCUT2D eigenvalue weighted by Gasteiger charge is -2.38. The Bertz CT molecular complexity index is 210. The maximum atomic E-state index is 11.0. The van der Waals surface area contributed by atoms with Crippen LogP contribution in [0.1, 0.15) is 0 Å². The second-order valence-electron chi connectivity index (χ2n) is 2.82. The van der Waals surface area contributed by atoms with Crippen LogP contribution in [0.2, 0.25) is 0 Å². The number of nitrogens with zero attached hydrogens (tertiary/aromatic N) is 2. The SMILES string of the molecule is CN(C)C(Cl)(OP(=O)(Cl)Cl)N(C)C. The van der Waals surface area contributed by atoms with Crippen LogP contribution >= 0.6 is 40.2 Å². The molecule has 0 amide bonds. The van der Waals surface area contributed by atoms with Gasteiger partial charge in [-0.3, -0.25) is 18.9 Å². The smallest absolute Gasteiger partial charge is 0.256 e. The van der Waals surface area contributed by atoms with E-state index in [4.69, 9.17) is 38.6 Å². The van der Waals surface area contributed by atoms with E-state index >= 15 is 0 Å². The first-order valence-corrected chi connectivity index (χ1v) is 7.15. The van der Waals surface area contributed by atoms with Crippen molar-refractivity contribution < 1.29 is 9.09 Å². The fourth-order valence-electron chi connectivity index (χ4n) is 0.699. The molecule has 0 aromatic heterocycles. The Labute approximate surface area is 92.7 Å². The second-order valence-corrected chi connectivity index (χ2v) is 7.52. The number of hydrogen-bond donors (Lipinski definition) is 0. The van der Waals surface area contributed by atoms with E-state index in [0.717, 1.165) is 0 Å². The van der Waals surface area contributed by atoms with Gasteiger partial charge in [0.15, 0.2) is 0 Å². The highest BCUT2D eigenvalue weighted by molar-refractivity contribution is 8.05. The Balaban J connectivity index is 4.73. The fraction of sp³-hybridized carbons (Fsp3) is 1.00. The molecule has 0 atom stereocenters. The molecule has 0 N–H and O–H groups in total. The lowest BCUT2D eigenvalue weighted by Crippen LogP contribution is -2.51. The molecule has 0 aliphatic carbocycles. The van der Waals surface area contributed by atoms with Crippen LogP contribution in [0.5, 0.6) is 0 Å². The van der Waals surface area contributed by atoms with Crippen molar-refractivity contribution in [3.05, 3.63) is 0 Å². The first kappa shape index (κ1) is 14.0. The third-order valence-electron chi connectivity index (χ3n) is 1.33. The van der Waals surface area contributed by atoms with Crippen LogP contribution in [0.3, 0.4) is 0 Å². The summed E-state index contributed by atoms with van der Waals surface area (Å²) in [4.78, 5) is 2.98. The van der Waals surface area contributed by atoms with Gasteiger partial charge in [0.2, 0.25) is 0 Å². The monoisotopic (exact) mass is 268 g/mol. The molecule has 13 heavy (non-hydrogen) atoms. The summed E-state index contributed by atoms with van der Waals surface area (Å²) in [6, 6.07) is 0. The van der Waals surface area contributed by atoms with Crippen LogP contribution in [-0.4, -0.2) is 43.3 Å². The number of rotatable bonds is 4. The summed E-state index contributed by atoms with van der Waals surface area (Å²) in [5, 5.41) is -1.40. The summed E-state index contributed by atoms with van der Waals surface area (Å²) in [7, 11) is 6.60. The molecule has 0 saturated heterocycles. The molecule has 0 saturated carbocycles. The van der Waals surface area contributed by atoms with E-state index in [1.807, 2.05) is 0 Å². The molecule has 0 aliphatic heterocycles. The van der Waals surface area contributed by atoms with Crippen molar-refractivity contribution in [2.24, 2.45) is 0 Å². The van der Waals surface area contributed by atoms with Gasteiger partial charge in [0.1, 0.15) is 0 Å². The molecule has 0 unspecified atom stereocenters. The van der Waals surface area contributed by atoms with Crippen molar-refractivity contribution >= 4 is 40.2 Å². The molecule has 0 rings (SSSR count). The standard InChI is InChI=1S/C5H12Cl3N2O2P/c1-9(2)5(6,10(3)4)12-13(7,8)11/h1-4H3. The van der Waals surface area contributed by atoms with Crippen LogP contribution in [-0.2, 0) is 9.09 Å². The molecular formula is C5H12Cl3N2O2P. The highest BCUT2D eigenvalue weighted by atomic mass is 35.9. The van der Waals surface area contributed by atoms with Crippen LogP contribution in [0.15, 0.2) is 0 Å². The van der Waals surface area contributed by atoms with Crippen molar-refractivity contribution in [3.63, 3.8) is 0 Å². The minimum atomic E-state index is -3.67. The van der Waals surface area contributed by atoms with E-state index in [-0.39, 0.29) is 0 Å². The van der Waals surface area contributed by atoms with Crippen LogP contribution in [0, 0.1) is 0 Å². The summed E-state index contributed by atoms with van der Waals surface area (Å²) in [6.45, 7) is 0. The van der Waals surface area contributed by atoms with Crippen LogP contribution in [0.25, 0.3) is 0 Å². The summed E-state index contributed by atoms with van der Waals surface area (Å²) in [6.07, 6.45) is -3.67. The minimum Gasteiger partial charge on any atom is -0.256 e. The third-order valence-corrected chi connectivity index (χ3v) is 3.07. The summed E-state index contributed by atoms with van der Waals surface area (Å²) in [5.74, 6) is 0. The van der Waals surface area contributed by atoms with E-state index in [9.17, 15) is 4.57 Å². The van der Waals surface area contributed by atoms with Crippen molar-refractivity contribution in [1.29, 1.82) is 0 Å². The molecule has 0 spiro atoms. The molecule has 8 heteroatoms. The zero-order chi connectivity index (χ0) is 10.9. The molecular weight excluding hydrogens is 257 g/mol. The summed E-state index contributed by atoms with van der Waals surface area (Å²) in [5.41, 5.74) is 0. The van der Waals surface area contributed by atoms with Gasteiger partial charge in [0.25, 0.3) is 5.31 Å². The van der Waals surface area contributed by atoms with Gasteiger partial charge in [-0.2, -0.15) is 0 Å². The summed E-state index contributed by atoms with van der Waals surface area (Å²) < 4.78 is 15.9. The topological polar surface area (TPSA) is 32.8 Å². The molecule has 0 bridgehead atoms. The molecule has 0 heterocycles. The predicted octanol–water partition coefficient (Wildman–Crippen LogP) is 2.56. The molecule has 0 aromatic carbocycles. The molecule has 4 nitrogen and oxygen atoms in total. The van der Waals surface area contributed by atoms with Gasteiger partial charge in [0.05, 0.1) is 0 Å². The van der Waals surface area contributed by atoms with Gasteiger partial charge in [-0.1, -0.05) is 11.6 Å². The second kappa shape index (κ2) is 4.67. The number of alkyl halides is 1. The van der Waals surface area contributed by atoms with Crippen molar-refractivity contribution in [1.82, 2.24) is 9.80 Å². The lowest BCUT2D eigenvalue weighted by molar-refractivity contribution is -0.0808. The molecule has 0 aromatic rings. The van der Waals surface area contributed by atoms with E-state index in [2.05, 4.69) is 0 Å². The largest absolute Gasteiger partial charge is 0.383 e. The van der Waals surface area contributed by atoms with Gasteiger partial charge in [0, 0.05) is 0 Å². The van der Waals surface area contributed by atoms with E-state index < -0.39 is 11.4 Å². The van der Waals surface area contributed by atoms with Crippen molar-refractivity contribution in [3.8, 4) is 0 Å². The van der Waals surface area contributed by atoms with E-state index in [1.54, 1.807) is 28.2 Å². The van der Waals surface area contributed by atoms with E-state index in [1.165, 1.54) is 9.80 Å². The van der Waals surface area contributed by atoms with Gasteiger partial charge in [-0.25, -0.2) is 0 Å². The Hall–Kier alpha value is 0.980. The molecule has 0 radical (unpaired) electrons. The van der Waals surface area contributed by atoms with Gasteiger partial charge in [-0.15, -0.1) is 0 Å². The van der Waals surface area contributed by atoms with Gasteiger partial charge >= 0.3 is 6.07 Å². The fourth-order valence-corrected chi connectivity index (χ4v) is 2.38. The van der Waals surface area contributed by atoms with Crippen molar-refractivity contribution in [2.45, 2.75) is 5.31 Å². The summed E-state index contributed by atoms with van der Waals surface area (Å²) >= 11 is 16.5. The maximum absolute atomic E-state index is 11.0. The number of hydrogen-bond acceptors (Lipinski definition) is 4. The maximum Gasteiger partial charge on any atom is 0.383 e. The Morgan fingerprint density at radius 3 is 1.54 bits per heavy atom. The Kier molecular flexibility index (Phi) is 5.02. The quantitative estimate of drug-likeness (QED) is 0.340. The highest BCUT2D eigenvalue weighted by Gasteiger charge is 2.40. The lowest BCUT2D eigenvalue weighted by atomic mass is 10.7. The first-order valence-electron chi connectivity index (χ1n) is 3.33. The molecule has 80 valence electrons. The Morgan fingerprint density at radius 2 is 1.46 bits per heavy atom. The van der Waals surface area contributed by atoms with Gasteiger partial charge in [-0.05, 0) is 50.7 Å². The minimum absolute atomic E-state index is 1.40. The van der Waals surface area contributed by atoms with Crippen LogP contribution in [0.4, 0.5) is 0 Å². The van der Waals surface area contributed by atoms with Crippen LogP contribution < -0.4 is 0 Å². The number of halogens is 3. The average Bonchev–Trinajstić information content (AvgIpc) is 1.82. The van der Waals surface area contributed by atoms with Crippen molar-refractivity contribution in [2.75, 3.05) is 28.2 Å². The molecule has 0 aliphatic rings. The third kappa shape index (κ3) is 4.34. The molecule has 0 fully saturated rings. The predicted molar refractivity (Wildman–Crippen MR) is 56.4 cm³/mol. The zero-order valence-corrected chi connectivity index (χ0v) is 11.0. The highest BCUT2D eigenvalue weighted by Crippen LogP contribution is 2.61. The normalized spacial score (nSPS) is 14.2. The average molecular weight is 269 g/mol. The van der Waals surface area contributed by atoms with E-state index in [0.29, 0.717) is 0 Å². The first-order chi connectivity index (χ1) is 5.59. The Morgan fingerprint density at radius 1 is 1.15 bits per heavy atom. The zero-order valence-electron chi connectivity index (χ0n) is 7.79.